The molecule has 1 aromatic carbocycles. The van der Waals surface area contributed by atoms with E-state index in [4.69, 9.17) is 0 Å². The Morgan fingerprint density at radius 2 is 1.54 bits per heavy atom. The molecular formula is C6H8BrNaO4S. The average Bonchev–Trinajstić information content (AvgIpc) is 1.88. The molecule has 0 saturated carbocycles. The summed E-state index contributed by atoms with van der Waals surface area (Å²) in [7, 11) is 0. The fourth-order valence-corrected chi connectivity index (χ4v) is 1.17. The Labute approximate surface area is 109 Å². The number of hydrogen-bond donors (Lipinski definition) is 0. The van der Waals surface area contributed by atoms with E-state index in [0.29, 0.717) is 4.90 Å². The molecule has 1 aromatic rings. The Hall–Kier alpha value is 0.730. The summed E-state index contributed by atoms with van der Waals surface area (Å²) in [5, 5.41) is 0. The van der Waals surface area contributed by atoms with Crippen molar-refractivity contribution in [1.82, 2.24) is 0 Å². The number of halogens is 1. The largest absolute Gasteiger partial charge is 1.00 e. The Morgan fingerprint density at radius 1 is 1.15 bits per heavy atom. The van der Waals surface area contributed by atoms with Crippen LogP contribution in [-0.2, 0) is 11.1 Å². The first-order valence-electron chi connectivity index (χ1n) is 2.55. The molecule has 0 bridgehead atoms. The van der Waals surface area contributed by atoms with Crippen LogP contribution in [-0.4, -0.2) is 19.7 Å². The van der Waals surface area contributed by atoms with Gasteiger partial charge in [-0.25, -0.2) is 0 Å². The summed E-state index contributed by atoms with van der Waals surface area (Å²) in [5.41, 5.74) is 0. The van der Waals surface area contributed by atoms with Crippen molar-refractivity contribution >= 4 is 27.0 Å². The van der Waals surface area contributed by atoms with Crippen LogP contribution in [0.1, 0.15) is 0 Å². The average molecular weight is 279 g/mol. The predicted octanol–water partition coefficient (Wildman–Crippen LogP) is -2.96. The maximum Gasteiger partial charge on any atom is 1.00 e. The number of benzene rings is 1. The molecule has 0 aromatic heterocycles. The van der Waals surface area contributed by atoms with Gasteiger partial charge in [-0.15, -0.1) is 0 Å². The van der Waals surface area contributed by atoms with Gasteiger partial charge in [0.1, 0.15) is 0 Å². The van der Waals surface area contributed by atoms with Crippen LogP contribution >= 0.6 is 15.9 Å². The molecule has 70 valence electrons. The second-order valence-electron chi connectivity index (χ2n) is 1.69. The molecule has 4 nitrogen and oxygen atoms in total. The van der Waals surface area contributed by atoms with Gasteiger partial charge in [0.05, 0.1) is 0 Å². The quantitative estimate of drug-likeness (QED) is 0.405. The van der Waals surface area contributed by atoms with Crippen LogP contribution in [0.4, 0.5) is 0 Å². The molecule has 0 fully saturated rings. The molecule has 13 heavy (non-hydrogen) atoms. The molecular weight excluding hydrogens is 271 g/mol. The summed E-state index contributed by atoms with van der Waals surface area (Å²) < 4.78 is 21.5. The molecule has 0 radical (unpaired) electrons. The minimum absolute atomic E-state index is 0. The first kappa shape index (κ1) is 19.3. The van der Waals surface area contributed by atoms with Gasteiger partial charge >= 0.3 is 29.6 Å². The van der Waals surface area contributed by atoms with Gasteiger partial charge in [0.25, 0.3) is 0 Å². The molecule has 7 heteroatoms. The molecule has 0 heterocycles. The zero-order valence-electron chi connectivity index (χ0n) is 6.91. The molecule has 0 saturated heterocycles. The summed E-state index contributed by atoms with van der Waals surface area (Å²) in [6.07, 6.45) is 0. The third kappa shape index (κ3) is 6.75. The van der Waals surface area contributed by atoms with Gasteiger partial charge in [-0.3, -0.25) is 4.21 Å². The van der Waals surface area contributed by atoms with Gasteiger partial charge in [-0.2, -0.15) is 0 Å². The first-order valence-corrected chi connectivity index (χ1v) is 4.42. The maximum atomic E-state index is 10.3. The standard InChI is InChI=1S/C6H5BrO2S.Na.2H2O/c7-5-1-3-6(4-2-5)10(8)9;;;/h1-4H,(H,8,9);;2*1H2/q;+1;;/p-1. The van der Waals surface area contributed by atoms with Crippen molar-refractivity contribution in [3.8, 4) is 0 Å². The molecule has 1 rings (SSSR count). The van der Waals surface area contributed by atoms with Crippen LogP contribution in [0.25, 0.3) is 0 Å². The molecule has 0 aliphatic heterocycles. The third-order valence-corrected chi connectivity index (χ3v) is 2.19. The topological polar surface area (TPSA) is 103 Å². The fourth-order valence-electron chi connectivity index (χ4n) is 0.546. The normalized spacial score (nSPS) is 10.0. The summed E-state index contributed by atoms with van der Waals surface area (Å²) in [5.74, 6) is 0. The molecule has 0 spiro atoms. The van der Waals surface area contributed by atoms with E-state index in [1.165, 1.54) is 12.1 Å². The van der Waals surface area contributed by atoms with E-state index in [0.717, 1.165) is 4.47 Å². The predicted molar refractivity (Wildman–Crippen MR) is 48.6 cm³/mol. The molecule has 0 aliphatic carbocycles. The van der Waals surface area contributed by atoms with Gasteiger partial charge in [-0.05, 0) is 35.3 Å². The zero-order chi connectivity index (χ0) is 7.56. The smallest absolute Gasteiger partial charge is 0.768 e. The van der Waals surface area contributed by atoms with Crippen molar-refractivity contribution in [2.45, 2.75) is 4.90 Å². The van der Waals surface area contributed by atoms with Gasteiger partial charge in [0.2, 0.25) is 0 Å². The Morgan fingerprint density at radius 3 is 1.85 bits per heavy atom. The third-order valence-electron chi connectivity index (χ3n) is 1.01. The van der Waals surface area contributed by atoms with Crippen molar-refractivity contribution in [3.63, 3.8) is 0 Å². The Balaban J connectivity index is -0.000000333. The Bertz CT molecular complexity index is 253. The van der Waals surface area contributed by atoms with Crippen molar-refractivity contribution in [1.29, 1.82) is 0 Å². The molecule has 0 amide bonds. The van der Waals surface area contributed by atoms with Crippen LogP contribution in [0.3, 0.4) is 0 Å². The van der Waals surface area contributed by atoms with E-state index in [9.17, 15) is 8.76 Å². The van der Waals surface area contributed by atoms with E-state index < -0.39 is 11.1 Å². The monoisotopic (exact) mass is 278 g/mol. The number of hydrogen-bond acceptors (Lipinski definition) is 2. The van der Waals surface area contributed by atoms with Gasteiger partial charge in [0.15, 0.2) is 0 Å². The molecule has 1 atom stereocenters. The summed E-state index contributed by atoms with van der Waals surface area (Å²) in [6.45, 7) is 0. The summed E-state index contributed by atoms with van der Waals surface area (Å²) in [4.78, 5) is 0.309. The van der Waals surface area contributed by atoms with E-state index in [1.54, 1.807) is 12.1 Å². The first-order chi connectivity index (χ1) is 4.70. The van der Waals surface area contributed by atoms with E-state index in [2.05, 4.69) is 15.9 Å². The Kier molecular flexibility index (Phi) is 13.8. The SMILES string of the molecule is O.O.O=S([O-])c1ccc(Br)cc1.[Na+]. The van der Waals surface area contributed by atoms with Crippen molar-refractivity contribution < 1.29 is 49.3 Å². The van der Waals surface area contributed by atoms with Gasteiger partial charge < -0.3 is 15.5 Å². The van der Waals surface area contributed by atoms with E-state index >= 15 is 0 Å². The second-order valence-corrected chi connectivity index (χ2v) is 3.55. The summed E-state index contributed by atoms with van der Waals surface area (Å²) in [6, 6.07) is 6.44. The van der Waals surface area contributed by atoms with Gasteiger partial charge in [-0.1, -0.05) is 15.9 Å². The van der Waals surface area contributed by atoms with Crippen LogP contribution < -0.4 is 29.6 Å². The van der Waals surface area contributed by atoms with E-state index in [-0.39, 0.29) is 40.5 Å². The van der Waals surface area contributed by atoms with Crippen LogP contribution in [0.2, 0.25) is 0 Å². The van der Waals surface area contributed by atoms with Crippen molar-refractivity contribution in [2.75, 3.05) is 0 Å². The van der Waals surface area contributed by atoms with E-state index in [1.807, 2.05) is 0 Å². The zero-order valence-corrected chi connectivity index (χ0v) is 11.3. The van der Waals surface area contributed by atoms with Crippen molar-refractivity contribution in [2.24, 2.45) is 0 Å². The number of rotatable bonds is 1. The van der Waals surface area contributed by atoms with Gasteiger partial charge in [0, 0.05) is 9.37 Å². The van der Waals surface area contributed by atoms with Crippen molar-refractivity contribution in [3.05, 3.63) is 28.7 Å². The minimum atomic E-state index is -2.11. The molecule has 1 unspecified atom stereocenters. The maximum absolute atomic E-state index is 10.3. The van der Waals surface area contributed by atoms with Crippen LogP contribution in [0, 0.1) is 0 Å². The minimum Gasteiger partial charge on any atom is -0.768 e. The summed E-state index contributed by atoms with van der Waals surface area (Å²) >= 11 is 1.09. The molecule has 0 aliphatic rings. The fraction of sp³-hybridized carbons (Fsp3) is 0. The second kappa shape index (κ2) is 9.29. The van der Waals surface area contributed by atoms with Crippen LogP contribution in [0.15, 0.2) is 33.6 Å². The molecule has 4 N–H and O–H groups in total. The van der Waals surface area contributed by atoms with Crippen LogP contribution in [0.5, 0.6) is 0 Å².